The zero-order valence-electron chi connectivity index (χ0n) is 8.80. The Morgan fingerprint density at radius 1 is 1.36 bits per heavy atom. The van der Waals surface area contributed by atoms with Gasteiger partial charge in [0.05, 0.1) is 5.60 Å². The zero-order chi connectivity index (χ0) is 9.86. The highest BCUT2D eigenvalue weighted by atomic mass is 16.5. The van der Waals surface area contributed by atoms with Crippen molar-refractivity contribution in [1.29, 1.82) is 0 Å². The lowest BCUT2D eigenvalue weighted by Gasteiger charge is -2.36. The van der Waals surface area contributed by atoms with Gasteiger partial charge in [-0.15, -0.1) is 0 Å². The van der Waals surface area contributed by atoms with Gasteiger partial charge in [0.1, 0.15) is 0 Å². The summed E-state index contributed by atoms with van der Waals surface area (Å²) in [6.45, 7) is 3.69. The molecule has 0 aromatic rings. The summed E-state index contributed by atoms with van der Waals surface area (Å²) >= 11 is 0. The Morgan fingerprint density at radius 2 is 2.14 bits per heavy atom. The largest absolute Gasteiger partial charge is 0.390 e. The Labute approximate surface area is 85.8 Å². The van der Waals surface area contributed by atoms with E-state index in [4.69, 9.17) is 4.74 Å². The molecule has 82 valence electrons. The third-order valence-corrected chi connectivity index (χ3v) is 3.46. The summed E-state index contributed by atoms with van der Waals surface area (Å²) in [6, 6.07) is 0. The Hall–Kier alpha value is -0.120. The minimum atomic E-state index is -0.406. The number of piperidine rings is 1. The molecule has 3 heteroatoms. The second-order valence-electron chi connectivity index (χ2n) is 4.76. The smallest absolute Gasteiger partial charge is 0.0675 e. The molecule has 0 aromatic heterocycles. The van der Waals surface area contributed by atoms with Crippen LogP contribution in [0.15, 0.2) is 0 Å². The van der Waals surface area contributed by atoms with Gasteiger partial charge in [-0.1, -0.05) is 0 Å². The molecule has 0 bridgehead atoms. The van der Waals surface area contributed by atoms with E-state index in [1.807, 2.05) is 0 Å². The van der Waals surface area contributed by atoms with E-state index in [1.54, 1.807) is 0 Å². The fourth-order valence-corrected chi connectivity index (χ4v) is 2.60. The van der Waals surface area contributed by atoms with Crippen LogP contribution in [0.4, 0.5) is 0 Å². The molecule has 1 atom stereocenters. The zero-order valence-corrected chi connectivity index (χ0v) is 8.80. The molecule has 0 aromatic carbocycles. The average Bonchev–Trinajstić information content (AvgIpc) is 2.19. The van der Waals surface area contributed by atoms with Gasteiger partial charge < -0.3 is 15.2 Å². The highest BCUT2D eigenvalue weighted by Gasteiger charge is 2.32. The van der Waals surface area contributed by atoms with Crippen LogP contribution in [-0.2, 0) is 4.74 Å². The van der Waals surface area contributed by atoms with Crippen LogP contribution in [0.25, 0.3) is 0 Å². The summed E-state index contributed by atoms with van der Waals surface area (Å²) in [6.07, 6.45) is 5.15. The Balaban J connectivity index is 1.81. The monoisotopic (exact) mass is 199 g/mol. The van der Waals surface area contributed by atoms with E-state index in [1.165, 1.54) is 12.8 Å². The van der Waals surface area contributed by atoms with Crippen molar-refractivity contribution in [3.8, 4) is 0 Å². The Morgan fingerprint density at radius 3 is 2.79 bits per heavy atom. The van der Waals surface area contributed by atoms with Crippen molar-refractivity contribution in [2.24, 2.45) is 5.92 Å². The van der Waals surface area contributed by atoms with Gasteiger partial charge >= 0.3 is 0 Å². The molecule has 0 saturated carbocycles. The lowest BCUT2D eigenvalue weighted by molar-refractivity contribution is -0.0391. The summed E-state index contributed by atoms with van der Waals surface area (Å²) in [5.41, 5.74) is -0.406. The minimum Gasteiger partial charge on any atom is -0.390 e. The van der Waals surface area contributed by atoms with Crippen molar-refractivity contribution in [3.63, 3.8) is 0 Å². The van der Waals surface area contributed by atoms with E-state index in [0.29, 0.717) is 5.92 Å². The predicted molar refractivity (Wildman–Crippen MR) is 55.2 cm³/mol. The molecule has 1 unspecified atom stereocenters. The third kappa shape index (κ3) is 2.69. The number of hydrogen-bond acceptors (Lipinski definition) is 3. The molecule has 0 aliphatic carbocycles. The van der Waals surface area contributed by atoms with Crippen LogP contribution < -0.4 is 5.32 Å². The molecule has 2 heterocycles. The molecule has 2 N–H and O–H groups in total. The molecule has 2 saturated heterocycles. The van der Waals surface area contributed by atoms with Gasteiger partial charge in [0.25, 0.3) is 0 Å². The third-order valence-electron chi connectivity index (χ3n) is 3.46. The predicted octanol–water partition coefficient (Wildman–Crippen LogP) is 0.918. The molecular weight excluding hydrogens is 178 g/mol. The standard InChI is InChI=1S/C11H21NO2/c13-11(3-5-12-6-4-11)8-10-2-1-7-14-9-10/h10,12-13H,1-9H2. The van der Waals surface area contributed by atoms with Gasteiger partial charge in [-0.2, -0.15) is 0 Å². The molecule has 0 amide bonds. The second-order valence-corrected chi connectivity index (χ2v) is 4.76. The maximum Gasteiger partial charge on any atom is 0.0675 e. The summed E-state index contributed by atoms with van der Waals surface area (Å²) < 4.78 is 5.44. The van der Waals surface area contributed by atoms with Crippen molar-refractivity contribution in [2.45, 2.75) is 37.7 Å². The Kier molecular flexibility index (Phi) is 3.42. The number of aliphatic hydroxyl groups is 1. The van der Waals surface area contributed by atoms with Crippen molar-refractivity contribution in [1.82, 2.24) is 5.32 Å². The van der Waals surface area contributed by atoms with Gasteiger partial charge in [0.15, 0.2) is 0 Å². The molecule has 0 radical (unpaired) electrons. The SMILES string of the molecule is OC1(CC2CCCOC2)CCNCC1. The molecule has 2 aliphatic rings. The van der Waals surface area contributed by atoms with Crippen molar-refractivity contribution in [3.05, 3.63) is 0 Å². The van der Waals surface area contributed by atoms with Crippen LogP contribution >= 0.6 is 0 Å². The van der Waals surface area contributed by atoms with Crippen molar-refractivity contribution in [2.75, 3.05) is 26.3 Å². The molecule has 0 spiro atoms. The van der Waals surface area contributed by atoms with Crippen LogP contribution in [0.1, 0.15) is 32.1 Å². The fraction of sp³-hybridized carbons (Fsp3) is 1.00. The molecule has 14 heavy (non-hydrogen) atoms. The van der Waals surface area contributed by atoms with E-state index < -0.39 is 5.60 Å². The lowest BCUT2D eigenvalue weighted by atomic mass is 9.81. The van der Waals surface area contributed by atoms with E-state index in [-0.39, 0.29) is 0 Å². The first-order chi connectivity index (χ1) is 6.79. The van der Waals surface area contributed by atoms with Gasteiger partial charge in [0, 0.05) is 13.2 Å². The first kappa shape index (κ1) is 10.4. The highest BCUT2D eigenvalue weighted by molar-refractivity contribution is 4.86. The summed E-state index contributed by atoms with van der Waals surface area (Å²) in [7, 11) is 0. The maximum absolute atomic E-state index is 10.3. The summed E-state index contributed by atoms with van der Waals surface area (Å²) in [5, 5.41) is 13.6. The quantitative estimate of drug-likeness (QED) is 0.695. The van der Waals surface area contributed by atoms with Crippen LogP contribution in [0, 0.1) is 5.92 Å². The number of hydrogen-bond donors (Lipinski definition) is 2. The van der Waals surface area contributed by atoms with E-state index in [9.17, 15) is 5.11 Å². The average molecular weight is 199 g/mol. The van der Waals surface area contributed by atoms with E-state index in [2.05, 4.69) is 5.32 Å². The summed E-state index contributed by atoms with van der Waals surface area (Å²) in [5.74, 6) is 0.590. The van der Waals surface area contributed by atoms with E-state index in [0.717, 1.165) is 45.6 Å². The van der Waals surface area contributed by atoms with Gasteiger partial charge in [0.2, 0.25) is 0 Å². The van der Waals surface area contributed by atoms with Crippen LogP contribution in [0.5, 0.6) is 0 Å². The first-order valence-electron chi connectivity index (χ1n) is 5.79. The van der Waals surface area contributed by atoms with Crippen LogP contribution in [0.2, 0.25) is 0 Å². The van der Waals surface area contributed by atoms with Gasteiger partial charge in [-0.25, -0.2) is 0 Å². The normalized spacial score (nSPS) is 32.8. The maximum atomic E-state index is 10.3. The van der Waals surface area contributed by atoms with Crippen LogP contribution in [-0.4, -0.2) is 37.0 Å². The first-order valence-corrected chi connectivity index (χ1v) is 5.79. The van der Waals surface area contributed by atoms with Crippen LogP contribution in [0.3, 0.4) is 0 Å². The van der Waals surface area contributed by atoms with E-state index >= 15 is 0 Å². The van der Waals surface area contributed by atoms with Crippen molar-refractivity contribution < 1.29 is 9.84 Å². The Bertz CT molecular complexity index is 172. The number of nitrogens with one attached hydrogen (secondary N) is 1. The van der Waals surface area contributed by atoms with Crippen molar-refractivity contribution >= 4 is 0 Å². The number of rotatable bonds is 2. The fourth-order valence-electron chi connectivity index (χ4n) is 2.60. The summed E-state index contributed by atoms with van der Waals surface area (Å²) in [4.78, 5) is 0. The molecule has 3 nitrogen and oxygen atoms in total. The highest BCUT2D eigenvalue weighted by Crippen LogP contribution is 2.30. The number of ether oxygens (including phenoxy) is 1. The molecule has 2 fully saturated rings. The second kappa shape index (κ2) is 4.60. The molecule has 2 aliphatic heterocycles. The lowest BCUT2D eigenvalue weighted by Crippen LogP contribution is -2.43. The van der Waals surface area contributed by atoms with Gasteiger partial charge in [-0.3, -0.25) is 0 Å². The minimum absolute atomic E-state index is 0.406. The molecule has 2 rings (SSSR count). The van der Waals surface area contributed by atoms with Gasteiger partial charge in [-0.05, 0) is 51.1 Å². The molecular formula is C11H21NO2. The topological polar surface area (TPSA) is 41.5 Å².